The Labute approximate surface area is 558 Å². The molecule has 0 radical (unpaired) electrons. The number of hydrogen-bond acceptors (Lipinski definition) is 27. The van der Waals surface area contributed by atoms with Crippen molar-refractivity contribution in [1.29, 1.82) is 0 Å². The number of sulfonamides is 3. The maximum atomic E-state index is 13.2. The number of rotatable bonds is 16. The molecule has 37 heteroatoms. The molecule has 8 aromatic rings. The molecular formula is C59H66N22O9S6. The predicted molar refractivity (Wildman–Crippen MR) is 366 cm³/mol. The number of thioether (sulfide) groups is 1. The lowest BCUT2D eigenvalue weighted by Crippen LogP contribution is -2.51. The average Bonchev–Trinajstić information content (AvgIpc) is 1.18. The van der Waals surface area contributed by atoms with Crippen molar-refractivity contribution >= 4 is 108 Å². The van der Waals surface area contributed by atoms with Gasteiger partial charge in [0.15, 0.2) is 58.9 Å². The molecule has 1 aliphatic carbocycles. The Morgan fingerprint density at radius 1 is 0.594 bits per heavy atom. The first kappa shape index (κ1) is 67.6. The number of nitrogen functional groups attached to an aromatic ring is 2. The van der Waals surface area contributed by atoms with Gasteiger partial charge in [-0.2, -0.15) is 15.3 Å². The number of fused-ring (bicyclic) bond motifs is 2. The van der Waals surface area contributed by atoms with Crippen LogP contribution >= 0.6 is 11.8 Å². The van der Waals surface area contributed by atoms with Crippen LogP contribution in [0, 0.1) is 0 Å². The molecule has 96 heavy (non-hydrogen) atoms. The van der Waals surface area contributed by atoms with Gasteiger partial charge >= 0.3 is 0 Å². The second-order valence-electron chi connectivity index (χ2n) is 22.9. The fourth-order valence-electron chi connectivity index (χ4n) is 11.8. The first-order chi connectivity index (χ1) is 45.5. The van der Waals surface area contributed by atoms with E-state index in [4.69, 9.17) is 26.9 Å². The second-order valence-corrected chi connectivity index (χ2v) is 32.6. The van der Waals surface area contributed by atoms with Gasteiger partial charge in [0.25, 0.3) is 0 Å². The van der Waals surface area contributed by atoms with Gasteiger partial charge in [-0.05, 0) is 103 Å². The molecule has 6 aliphatic heterocycles. The number of sulfone groups is 1. The molecule has 5 aromatic carbocycles. The van der Waals surface area contributed by atoms with Gasteiger partial charge < -0.3 is 32.4 Å². The zero-order valence-corrected chi connectivity index (χ0v) is 55.2. The number of azo groups is 3. The molecule has 7 aliphatic rings. The van der Waals surface area contributed by atoms with E-state index >= 15 is 0 Å². The van der Waals surface area contributed by atoms with E-state index in [1.807, 2.05) is 42.5 Å². The largest absolute Gasteiger partial charge is 0.382 e. The molecule has 15 rings (SSSR count). The van der Waals surface area contributed by atoms with Crippen LogP contribution < -0.4 is 42.8 Å². The third-order valence-electron chi connectivity index (χ3n) is 16.8. The number of aliphatic imine (C=N–C) groups is 3. The Bertz CT molecular complexity index is 5120. The minimum absolute atomic E-state index is 0. The lowest BCUT2D eigenvalue weighted by atomic mass is 9.88. The fraction of sp³-hybridized carbons (Fsp3) is 0.322. The van der Waals surface area contributed by atoms with Crippen LogP contribution in [0.2, 0.25) is 0 Å². The quantitative estimate of drug-likeness (QED) is 0.0602. The Morgan fingerprint density at radius 2 is 1.19 bits per heavy atom. The van der Waals surface area contributed by atoms with Crippen LogP contribution in [0.15, 0.2) is 172 Å². The number of benzene rings is 5. The van der Waals surface area contributed by atoms with Crippen molar-refractivity contribution in [3.05, 3.63) is 119 Å². The number of para-hydroxylation sites is 1. The normalized spacial score (nSPS) is 17.9. The van der Waals surface area contributed by atoms with E-state index in [0.29, 0.717) is 68.3 Å². The van der Waals surface area contributed by atoms with Crippen molar-refractivity contribution < 1.29 is 37.9 Å². The highest BCUT2D eigenvalue weighted by Crippen LogP contribution is 2.45. The summed E-state index contributed by atoms with van der Waals surface area (Å²) in [6, 6.07) is 26.7. The molecule has 1 saturated carbocycles. The topological polar surface area (TPSA) is 490 Å². The van der Waals surface area contributed by atoms with Crippen LogP contribution in [0.4, 0.5) is 11.8 Å². The van der Waals surface area contributed by atoms with E-state index in [1.165, 1.54) is 28.4 Å². The number of hydrogen-bond donors (Lipinski definition) is 9. The molecule has 3 saturated heterocycles. The summed E-state index contributed by atoms with van der Waals surface area (Å²) < 4.78 is 118. The molecule has 0 amide bonds. The molecule has 9 heterocycles. The van der Waals surface area contributed by atoms with E-state index in [-0.39, 0.29) is 106 Å². The number of piperidine rings is 1. The van der Waals surface area contributed by atoms with Gasteiger partial charge in [0.2, 0.25) is 30.1 Å². The van der Waals surface area contributed by atoms with E-state index < -0.39 is 65.7 Å². The van der Waals surface area contributed by atoms with Crippen molar-refractivity contribution in [2.45, 2.75) is 90.6 Å². The van der Waals surface area contributed by atoms with Gasteiger partial charge in [-0.25, -0.2) is 78.5 Å². The first-order valence-corrected chi connectivity index (χ1v) is 38.1. The predicted octanol–water partition coefficient (Wildman–Crippen LogP) is 5.17. The van der Waals surface area contributed by atoms with Gasteiger partial charge in [0, 0.05) is 58.6 Å². The minimum Gasteiger partial charge on any atom is -0.382 e. The third kappa shape index (κ3) is 13.4. The lowest BCUT2D eigenvalue weighted by molar-refractivity contribution is 0.460. The molecule has 1 unspecified atom stereocenters. The molecule has 4 fully saturated rings. The molecular weight excluding hydrogens is 1350 g/mol. The summed E-state index contributed by atoms with van der Waals surface area (Å²) in [5.41, 5.74) is 18.7. The smallest absolute Gasteiger partial charge is 0.240 e. The van der Waals surface area contributed by atoms with Crippen molar-refractivity contribution in [2.75, 3.05) is 70.7 Å². The van der Waals surface area contributed by atoms with E-state index in [9.17, 15) is 37.9 Å². The highest BCUT2D eigenvalue weighted by Gasteiger charge is 2.40. The molecule has 0 bridgehead atoms. The maximum absolute atomic E-state index is 13.2. The standard InChI is InChI=1S/C22H26N6O3S2.C19H19N7O2S2.C17H17N9O4S2.CH4/c23-33(30,31)21-19(32(29)17-11-25-12-17)6-5-18(20(21)22-26-13-27-28-22)16-3-1-14(2-4-16)15-7-9-24-10-8-15;20-19-24-13-6-2-5-12(16(13)25-19)11-7-8-14(29-10-3-1-4-10)17(30(21,27)28)15(11)18-22-9-23-26-18;18-13-3-4-14-21-7-11(26(14)25-13)10-1-2-12(31(27,28)9-5-20-6-9)16(32(19,29)30)15(10)17-22-8-23-24-17;/h1-6,15,17,24-25H,7-13H2,(H2,23,30,31);2,5-8,10H,1,3-4,9H2,(H3,20,24,25)(H2,21,27,28);1-4,7,9,20H,5-6,8H2,(H2,18,25)(H2,19,29,30);1H4. The molecule has 502 valence electrons. The number of nitrogens with zero attached hydrogens (tertiary/aromatic N) is 13. The van der Waals surface area contributed by atoms with Crippen LogP contribution in [0.5, 0.6) is 0 Å². The molecule has 1 atom stereocenters. The SMILES string of the molecule is C.NS(=O)(=O)c1c(S(=O)C2CNC2)ccc(-c2ccc(C3CCNCC3)cc2)c1C1=NCN=N1.Nc1ccc2ncc(-c3ccc(S(=O)(=O)C4CNC4)c(S(N)(=O)=O)c3C3=NCN=N3)n2n1.Nc1nc2c(-c3ccc(SC4CCC4)c(S(N)(=O)=O)c3C3=NCN=N3)cccc2[nH]1. The Kier molecular flexibility index (Phi) is 19.2. The van der Waals surface area contributed by atoms with Gasteiger partial charge in [-0.15, -0.1) is 32.2 Å². The first-order valence-electron chi connectivity index (χ1n) is 29.8. The molecule has 3 aromatic heterocycles. The summed E-state index contributed by atoms with van der Waals surface area (Å²) in [5.74, 6) is 1.40. The van der Waals surface area contributed by atoms with E-state index in [2.05, 4.69) is 93.8 Å². The Morgan fingerprint density at radius 3 is 1.74 bits per heavy atom. The average molecular weight is 1420 g/mol. The number of nitrogens with one attached hydrogen (secondary N) is 4. The number of aromatic nitrogens is 5. The Hall–Kier alpha value is -8.34. The zero-order chi connectivity index (χ0) is 66.6. The number of imidazole rings is 2. The van der Waals surface area contributed by atoms with Crippen molar-refractivity contribution in [1.82, 2.24) is 40.5 Å². The summed E-state index contributed by atoms with van der Waals surface area (Å²) in [7, 11) is -18.4. The summed E-state index contributed by atoms with van der Waals surface area (Å²) in [5, 5.41) is 53.6. The summed E-state index contributed by atoms with van der Waals surface area (Å²) >= 11 is 1.54. The third-order valence-corrected chi connectivity index (χ3v) is 25.5. The van der Waals surface area contributed by atoms with Crippen LogP contribution in [-0.4, -0.2) is 155 Å². The second kappa shape index (κ2) is 27.3. The number of amidine groups is 3. The van der Waals surface area contributed by atoms with E-state index in [0.717, 1.165) is 56.3 Å². The van der Waals surface area contributed by atoms with Crippen LogP contribution in [0.3, 0.4) is 0 Å². The highest BCUT2D eigenvalue weighted by molar-refractivity contribution is 8.00. The number of primary sulfonamides is 3. The number of H-pyrrole nitrogens is 1. The lowest BCUT2D eigenvalue weighted by Gasteiger charge is -2.28. The van der Waals surface area contributed by atoms with Gasteiger partial charge in [-0.1, -0.05) is 68.4 Å². The maximum Gasteiger partial charge on any atom is 0.240 e. The molecule has 31 nitrogen and oxygen atoms in total. The van der Waals surface area contributed by atoms with Crippen molar-refractivity contribution in [3.8, 4) is 33.5 Å². The van der Waals surface area contributed by atoms with E-state index in [1.54, 1.807) is 36.0 Å². The number of aromatic amines is 1. The van der Waals surface area contributed by atoms with Crippen LogP contribution in [0.1, 0.15) is 67.7 Å². The van der Waals surface area contributed by atoms with Crippen molar-refractivity contribution in [2.24, 2.45) is 61.1 Å². The molecule has 14 N–H and O–H groups in total. The summed E-state index contributed by atoms with van der Waals surface area (Å²) in [6.07, 6.45) is 6.90. The monoisotopic (exact) mass is 1420 g/mol. The van der Waals surface area contributed by atoms with Gasteiger partial charge in [0.05, 0.1) is 59.6 Å². The zero-order valence-electron chi connectivity index (χ0n) is 50.3. The number of nitrogens with two attached hydrogens (primary N) is 5. The minimum atomic E-state index is -4.53. The van der Waals surface area contributed by atoms with Gasteiger partial charge in [0.1, 0.15) is 20.5 Å². The van der Waals surface area contributed by atoms with Crippen LogP contribution in [-0.2, 0) is 50.7 Å². The summed E-state index contributed by atoms with van der Waals surface area (Å²) in [4.78, 5) is 24.0. The van der Waals surface area contributed by atoms with Crippen LogP contribution in [0.25, 0.3) is 50.2 Å². The fourth-order valence-corrected chi connectivity index (χ4v) is 20.4. The highest BCUT2D eigenvalue weighted by atomic mass is 32.2. The number of anilines is 2. The molecule has 0 spiro atoms. The van der Waals surface area contributed by atoms with Gasteiger partial charge in [-0.3, -0.25) is 4.21 Å². The summed E-state index contributed by atoms with van der Waals surface area (Å²) in [6.45, 7) is 3.80. The van der Waals surface area contributed by atoms with Crippen molar-refractivity contribution in [3.63, 3.8) is 0 Å². The Balaban J connectivity index is 0.000000137.